The number of hydrogen-bond donors (Lipinski definition) is 2. The van der Waals surface area contributed by atoms with Crippen LogP contribution in [0.1, 0.15) is 5.56 Å². The Bertz CT molecular complexity index is 350. The molecule has 0 saturated carbocycles. The third kappa shape index (κ3) is 2.45. The summed E-state index contributed by atoms with van der Waals surface area (Å²) >= 11 is 7.40. The minimum atomic E-state index is 0.139. The SMILES string of the molecule is COc1ccc(Br)c(C=CCS)c1O. The lowest BCUT2D eigenvalue weighted by Crippen LogP contribution is -1.86. The number of phenols is 1. The molecule has 0 unspecified atom stereocenters. The summed E-state index contributed by atoms with van der Waals surface area (Å²) in [5.74, 6) is 1.23. The van der Waals surface area contributed by atoms with E-state index in [-0.39, 0.29) is 5.75 Å². The topological polar surface area (TPSA) is 29.5 Å². The van der Waals surface area contributed by atoms with E-state index < -0.39 is 0 Å². The Hall–Kier alpha value is -0.610. The Kier molecular flexibility index (Phi) is 4.35. The molecule has 0 aliphatic heterocycles. The quantitative estimate of drug-likeness (QED) is 0.830. The van der Waals surface area contributed by atoms with E-state index in [1.54, 1.807) is 12.1 Å². The van der Waals surface area contributed by atoms with Crippen molar-refractivity contribution in [3.63, 3.8) is 0 Å². The fourth-order valence-electron chi connectivity index (χ4n) is 1.06. The van der Waals surface area contributed by atoms with Crippen molar-refractivity contribution in [1.82, 2.24) is 0 Å². The van der Waals surface area contributed by atoms with Gasteiger partial charge in [0, 0.05) is 15.8 Å². The molecule has 14 heavy (non-hydrogen) atoms. The summed E-state index contributed by atoms with van der Waals surface area (Å²) in [4.78, 5) is 0. The Morgan fingerprint density at radius 2 is 2.29 bits per heavy atom. The molecular formula is C10H11BrO2S. The molecule has 4 heteroatoms. The number of benzene rings is 1. The second kappa shape index (κ2) is 5.32. The van der Waals surface area contributed by atoms with E-state index in [1.165, 1.54) is 7.11 Å². The van der Waals surface area contributed by atoms with Gasteiger partial charge in [0.25, 0.3) is 0 Å². The molecule has 1 N–H and O–H groups in total. The molecule has 0 bridgehead atoms. The first kappa shape index (κ1) is 11.5. The molecule has 0 saturated heterocycles. The first-order chi connectivity index (χ1) is 6.70. The lowest BCUT2D eigenvalue weighted by atomic mass is 10.2. The molecule has 1 aromatic carbocycles. The third-order valence-electron chi connectivity index (χ3n) is 1.74. The minimum Gasteiger partial charge on any atom is -0.504 e. The lowest BCUT2D eigenvalue weighted by Gasteiger charge is -2.07. The maximum Gasteiger partial charge on any atom is 0.166 e. The number of thiol groups is 1. The molecule has 1 aromatic rings. The third-order valence-corrected chi connectivity index (χ3v) is 2.64. The Balaban J connectivity index is 3.18. The summed E-state index contributed by atoms with van der Waals surface area (Å²) in [5.41, 5.74) is 0.707. The van der Waals surface area contributed by atoms with Crippen molar-refractivity contribution in [2.45, 2.75) is 0 Å². The van der Waals surface area contributed by atoms with Gasteiger partial charge in [-0.1, -0.05) is 28.1 Å². The van der Waals surface area contributed by atoms with Crippen LogP contribution >= 0.6 is 28.6 Å². The monoisotopic (exact) mass is 274 g/mol. The highest BCUT2D eigenvalue weighted by Crippen LogP contribution is 2.35. The van der Waals surface area contributed by atoms with Crippen molar-refractivity contribution in [2.75, 3.05) is 12.9 Å². The van der Waals surface area contributed by atoms with Crippen LogP contribution in [0.5, 0.6) is 11.5 Å². The van der Waals surface area contributed by atoms with Gasteiger partial charge in [-0.05, 0) is 12.1 Å². The molecule has 0 aromatic heterocycles. The van der Waals surface area contributed by atoms with Crippen molar-refractivity contribution in [3.05, 3.63) is 28.2 Å². The molecular weight excluding hydrogens is 264 g/mol. The maximum atomic E-state index is 9.77. The van der Waals surface area contributed by atoms with Crippen LogP contribution in [0.25, 0.3) is 6.08 Å². The highest BCUT2D eigenvalue weighted by molar-refractivity contribution is 9.10. The van der Waals surface area contributed by atoms with Crippen molar-refractivity contribution in [1.29, 1.82) is 0 Å². The van der Waals surface area contributed by atoms with Crippen LogP contribution in [-0.2, 0) is 0 Å². The van der Waals surface area contributed by atoms with Gasteiger partial charge in [-0.3, -0.25) is 0 Å². The van der Waals surface area contributed by atoms with Crippen molar-refractivity contribution in [3.8, 4) is 11.5 Å². The van der Waals surface area contributed by atoms with E-state index in [2.05, 4.69) is 28.6 Å². The van der Waals surface area contributed by atoms with Crippen molar-refractivity contribution in [2.24, 2.45) is 0 Å². The van der Waals surface area contributed by atoms with Crippen molar-refractivity contribution >= 4 is 34.6 Å². The summed E-state index contributed by atoms with van der Waals surface area (Å²) in [6.45, 7) is 0. The number of ether oxygens (including phenoxy) is 1. The van der Waals surface area contributed by atoms with E-state index in [0.717, 1.165) is 4.47 Å². The van der Waals surface area contributed by atoms with Crippen LogP contribution in [0.15, 0.2) is 22.7 Å². The predicted octanol–water partition coefficient (Wildman–Crippen LogP) is 3.11. The fourth-order valence-corrected chi connectivity index (χ4v) is 1.61. The highest BCUT2D eigenvalue weighted by atomic mass is 79.9. The predicted molar refractivity (Wildman–Crippen MR) is 65.2 cm³/mol. The molecule has 1 rings (SSSR count). The molecule has 0 spiro atoms. The number of phenolic OH excluding ortho intramolecular Hbond substituents is 1. The maximum absolute atomic E-state index is 9.77. The molecule has 0 atom stereocenters. The van der Waals surface area contributed by atoms with E-state index in [0.29, 0.717) is 17.1 Å². The normalized spacial score (nSPS) is 10.8. The highest BCUT2D eigenvalue weighted by Gasteiger charge is 2.08. The van der Waals surface area contributed by atoms with Gasteiger partial charge in [0.2, 0.25) is 0 Å². The van der Waals surface area contributed by atoms with E-state index in [9.17, 15) is 5.11 Å². The van der Waals surface area contributed by atoms with Crippen LogP contribution in [0.3, 0.4) is 0 Å². The standard InChI is InChI=1S/C10H11BrO2S/c1-13-9-5-4-8(11)7(10(9)12)3-2-6-14/h2-5,12,14H,6H2,1H3. The van der Waals surface area contributed by atoms with Gasteiger partial charge in [0.1, 0.15) is 0 Å². The summed E-state index contributed by atoms with van der Waals surface area (Å²) in [6.07, 6.45) is 3.65. The lowest BCUT2D eigenvalue weighted by molar-refractivity contribution is 0.372. The summed E-state index contributed by atoms with van der Waals surface area (Å²) < 4.78 is 5.82. The molecule has 76 valence electrons. The van der Waals surface area contributed by atoms with E-state index in [1.807, 2.05) is 12.1 Å². The van der Waals surface area contributed by atoms with Gasteiger partial charge in [-0.15, -0.1) is 0 Å². The number of hydrogen-bond acceptors (Lipinski definition) is 3. The molecule has 0 amide bonds. The zero-order chi connectivity index (χ0) is 10.6. The van der Waals surface area contributed by atoms with E-state index >= 15 is 0 Å². The van der Waals surface area contributed by atoms with Crippen LogP contribution in [0.4, 0.5) is 0 Å². The summed E-state index contributed by atoms with van der Waals surface area (Å²) in [5, 5.41) is 9.77. The number of halogens is 1. The molecule has 0 heterocycles. The largest absolute Gasteiger partial charge is 0.504 e. The van der Waals surface area contributed by atoms with Gasteiger partial charge in [0.05, 0.1) is 7.11 Å². The smallest absolute Gasteiger partial charge is 0.166 e. The first-order valence-electron chi connectivity index (χ1n) is 4.03. The Labute approximate surface area is 97.1 Å². The van der Waals surface area contributed by atoms with Crippen LogP contribution < -0.4 is 4.74 Å². The average Bonchev–Trinajstić information content (AvgIpc) is 2.18. The fraction of sp³-hybridized carbons (Fsp3) is 0.200. The number of aromatic hydroxyl groups is 1. The number of methoxy groups -OCH3 is 1. The molecule has 0 radical (unpaired) electrons. The second-order valence-electron chi connectivity index (χ2n) is 2.60. The Morgan fingerprint density at radius 3 is 2.86 bits per heavy atom. The zero-order valence-corrected chi connectivity index (χ0v) is 10.2. The summed E-state index contributed by atoms with van der Waals surface area (Å²) in [6, 6.07) is 3.54. The van der Waals surface area contributed by atoms with Gasteiger partial charge in [-0.2, -0.15) is 12.6 Å². The van der Waals surface area contributed by atoms with Crippen molar-refractivity contribution < 1.29 is 9.84 Å². The van der Waals surface area contributed by atoms with Gasteiger partial charge < -0.3 is 9.84 Å². The summed E-state index contributed by atoms with van der Waals surface area (Å²) in [7, 11) is 1.52. The van der Waals surface area contributed by atoms with Crippen LogP contribution in [0.2, 0.25) is 0 Å². The van der Waals surface area contributed by atoms with Gasteiger partial charge in [-0.25, -0.2) is 0 Å². The first-order valence-corrected chi connectivity index (χ1v) is 5.46. The molecule has 2 nitrogen and oxygen atoms in total. The average molecular weight is 275 g/mol. The van der Waals surface area contributed by atoms with Crippen LogP contribution in [0, 0.1) is 0 Å². The molecule has 0 aliphatic carbocycles. The molecule has 0 fully saturated rings. The van der Waals surface area contributed by atoms with Crippen LogP contribution in [-0.4, -0.2) is 18.0 Å². The Morgan fingerprint density at radius 1 is 1.57 bits per heavy atom. The van der Waals surface area contributed by atoms with Gasteiger partial charge in [0.15, 0.2) is 11.5 Å². The second-order valence-corrected chi connectivity index (χ2v) is 3.82. The van der Waals surface area contributed by atoms with Gasteiger partial charge >= 0.3 is 0 Å². The van der Waals surface area contributed by atoms with E-state index in [4.69, 9.17) is 4.74 Å². The zero-order valence-electron chi connectivity index (χ0n) is 7.70. The minimum absolute atomic E-state index is 0.139. The molecule has 0 aliphatic rings. The number of rotatable bonds is 3.